The fourth-order valence-electron chi connectivity index (χ4n) is 2.73. The Bertz CT molecular complexity index is 666. The molecule has 0 atom stereocenters. The van der Waals surface area contributed by atoms with Gasteiger partial charge in [-0.2, -0.15) is 0 Å². The molecule has 2 aromatic carbocycles. The Morgan fingerprint density at radius 2 is 1.95 bits per heavy atom. The average Bonchev–Trinajstić information content (AvgIpc) is 2.46. The molecule has 1 aliphatic rings. The summed E-state index contributed by atoms with van der Waals surface area (Å²) in [7, 11) is 0. The maximum atomic E-state index is 11.4. The number of hydrogen-bond acceptors (Lipinski definition) is 2. The van der Waals surface area contributed by atoms with Crippen LogP contribution in [0.25, 0.3) is 0 Å². The molecule has 3 heteroatoms. The van der Waals surface area contributed by atoms with E-state index < -0.39 is 0 Å². The summed E-state index contributed by atoms with van der Waals surface area (Å²) in [5, 5.41) is 0. The van der Waals surface area contributed by atoms with Gasteiger partial charge in [-0.25, -0.2) is 0 Å². The smallest absolute Gasteiger partial charge is 0.159 e. The molecule has 2 aromatic rings. The topological polar surface area (TPSA) is 20.3 Å². The molecule has 3 rings (SSSR count). The largest absolute Gasteiger partial charge is 0.340 e. The van der Waals surface area contributed by atoms with Gasteiger partial charge in [0.15, 0.2) is 5.78 Å². The van der Waals surface area contributed by atoms with Gasteiger partial charge < -0.3 is 4.90 Å². The molecule has 1 aliphatic heterocycles. The van der Waals surface area contributed by atoms with Gasteiger partial charge in [0.05, 0.1) is 5.69 Å². The molecule has 0 amide bonds. The highest BCUT2D eigenvalue weighted by atomic mass is 79.9. The third kappa shape index (κ3) is 2.38. The van der Waals surface area contributed by atoms with Crippen molar-refractivity contribution in [1.29, 1.82) is 0 Å². The van der Waals surface area contributed by atoms with Crippen molar-refractivity contribution in [2.24, 2.45) is 0 Å². The molecule has 0 spiro atoms. The van der Waals surface area contributed by atoms with Crippen LogP contribution in [0.3, 0.4) is 0 Å². The first-order valence-electron chi connectivity index (χ1n) is 6.83. The molecular formula is C17H16BrNO. The van der Waals surface area contributed by atoms with Gasteiger partial charge in [-0.3, -0.25) is 4.79 Å². The van der Waals surface area contributed by atoms with E-state index in [1.807, 2.05) is 18.2 Å². The van der Waals surface area contributed by atoms with Crippen molar-refractivity contribution >= 4 is 33.1 Å². The Morgan fingerprint density at radius 1 is 1.15 bits per heavy atom. The molecule has 1 heterocycles. The number of aryl methyl sites for hydroxylation is 1. The maximum Gasteiger partial charge on any atom is 0.159 e. The SMILES string of the molecule is CC(=O)c1ccc(N2CCCc3ccccc32)c(Br)c1. The van der Waals surface area contributed by atoms with Gasteiger partial charge in [0, 0.05) is 22.3 Å². The zero-order chi connectivity index (χ0) is 14.1. The van der Waals surface area contributed by atoms with Gasteiger partial charge in [0.25, 0.3) is 0 Å². The van der Waals surface area contributed by atoms with Gasteiger partial charge in [-0.15, -0.1) is 0 Å². The number of hydrogen-bond donors (Lipinski definition) is 0. The van der Waals surface area contributed by atoms with Crippen LogP contribution in [0.1, 0.15) is 29.3 Å². The number of fused-ring (bicyclic) bond motifs is 1. The summed E-state index contributed by atoms with van der Waals surface area (Å²) in [6.07, 6.45) is 2.29. The molecule has 20 heavy (non-hydrogen) atoms. The van der Waals surface area contributed by atoms with Crippen LogP contribution in [0.2, 0.25) is 0 Å². The van der Waals surface area contributed by atoms with Crippen LogP contribution in [0.15, 0.2) is 46.9 Å². The quantitative estimate of drug-likeness (QED) is 0.742. The molecule has 0 saturated carbocycles. The third-order valence-corrected chi connectivity index (χ3v) is 4.39. The third-order valence-electron chi connectivity index (χ3n) is 3.76. The van der Waals surface area contributed by atoms with Crippen molar-refractivity contribution in [1.82, 2.24) is 0 Å². The van der Waals surface area contributed by atoms with E-state index in [0.29, 0.717) is 0 Å². The molecule has 0 N–H and O–H groups in total. The monoisotopic (exact) mass is 329 g/mol. The van der Waals surface area contributed by atoms with Crippen molar-refractivity contribution in [3.63, 3.8) is 0 Å². The second-order valence-electron chi connectivity index (χ2n) is 5.11. The lowest BCUT2D eigenvalue weighted by atomic mass is 10.0. The van der Waals surface area contributed by atoms with E-state index in [9.17, 15) is 4.79 Å². The zero-order valence-corrected chi connectivity index (χ0v) is 13.0. The zero-order valence-electron chi connectivity index (χ0n) is 11.4. The second-order valence-corrected chi connectivity index (χ2v) is 5.96. The summed E-state index contributed by atoms with van der Waals surface area (Å²) in [4.78, 5) is 13.8. The van der Waals surface area contributed by atoms with E-state index in [2.05, 4.69) is 45.1 Å². The summed E-state index contributed by atoms with van der Waals surface area (Å²) < 4.78 is 0.974. The fourth-order valence-corrected chi connectivity index (χ4v) is 3.32. The van der Waals surface area contributed by atoms with E-state index >= 15 is 0 Å². The molecule has 102 valence electrons. The van der Waals surface area contributed by atoms with Crippen LogP contribution in [-0.2, 0) is 6.42 Å². The molecule has 0 saturated heterocycles. The standard InChI is InChI=1S/C17H16BrNO/c1-12(20)14-8-9-17(15(18)11-14)19-10-4-6-13-5-2-3-7-16(13)19/h2-3,5,7-9,11H,4,6,10H2,1H3. The van der Waals surface area contributed by atoms with Crippen LogP contribution in [0.4, 0.5) is 11.4 Å². The van der Waals surface area contributed by atoms with Gasteiger partial charge in [-0.1, -0.05) is 18.2 Å². The van der Waals surface area contributed by atoms with Crippen LogP contribution in [0, 0.1) is 0 Å². The van der Waals surface area contributed by atoms with Crippen molar-refractivity contribution in [2.75, 3.05) is 11.4 Å². The van der Waals surface area contributed by atoms with Gasteiger partial charge in [0.2, 0.25) is 0 Å². The predicted molar refractivity (Wildman–Crippen MR) is 85.9 cm³/mol. The highest BCUT2D eigenvalue weighted by molar-refractivity contribution is 9.10. The first kappa shape index (κ1) is 13.4. The van der Waals surface area contributed by atoms with E-state index in [4.69, 9.17) is 0 Å². The van der Waals surface area contributed by atoms with Crippen molar-refractivity contribution in [3.8, 4) is 0 Å². The van der Waals surface area contributed by atoms with Crippen LogP contribution in [0.5, 0.6) is 0 Å². The summed E-state index contributed by atoms with van der Waals surface area (Å²) in [6, 6.07) is 14.4. The van der Waals surface area contributed by atoms with E-state index in [0.717, 1.165) is 35.1 Å². The molecule has 0 radical (unpaired) electrons. The lowest BCUT2D eigenvalue weighted by Gasteiger charge is -2.32. The number of carbonyl (C=O) groups is 1. The number of ketones is 1. The highest BCUT2D eigenvalue weighted by Gasteiger charge is 2.19. The number of rotatable bonds is 2. The second kappa shape index (κ2) is 5.41. The number of nitrogens with zero attached hydrogens (tertiary/aromatic N) is 1. The number of benzene rings is 2. The predicted octanol–water partition coefficient (Wildman–Crippen LogP) is 4.74. The summed E-state index contributed by atoms with van der Waals surface area (Å²) in [5.74, 6) is 0.0938. The number of halogens is 1. The van der Waals surface area contributed by atoms with E-state index in [1.165, 1.54) is 11.3 Å². The minimum absolute atomic E-state index is 0.0938. The van der Waals surface area contributed by atoms with Crippen LogP contribution < -0.4 is 4.90 Å². The van der Waals surface area contributed by atoms with Gasteiger partial charge in [0.1, 0.15) is 0 Å². The van der Waals surface area contributed by atoms with Gasteiger partial charge >= 0.3 is 0 Å². The molecule has 0 aromatic heterocycles. The Kier molecular flexibility index (Phi) is 3.62. The molecule has 0 aliphatic carbocycles. The minimum Gasteiger partial charge on any atom is -0.340 e. The first-order valence-corrected chi connectivity index (χ1v) is 7.62. The fraction of sp³-hybridized carbons (Fsp3) is 0.235. The van der Waals surface area contributed by atoms with Crippen molar-refractivity contribution in [2.45, 2.75) is 19.8 Å². The molecule has 2 nitrogen and oxygen atoms in total. The number of anilines is 2. The summed E-state index contributed by atoms with van der Waals surface area (Å²) >= 11 is 3.61. The first-order chi connectivity index (χ1) is 9.66. The Morgan fingerprint density at radius 3 is 2.70 bits per heavy atom. The Hall–Kier alpha value is -1.61. The average molecular weight is 330 g/mol. The van der Waals surface area contributed by atoms with E-state index in [-0.39, 0.29) is 5.78 Å². The molecule has 0 unspecified atom stereocenters. The number of carbonyl (C=O) groups excluding carboxylic acids is 1. The summed E-state index contributed by atoms with van der Waals surface area (Å²) in [5.41, 5.74) is 4.53. The normalized spacial score (nSPS) is 14.0. The number of Topliss-reactive ketones (excluding diaryl/α,β-unsaturated/α-hetero) is 1. The maximum absolute atomic E-state index is 11.4. The lowest BCUT2D eigenvalue weighted by molar-refractivity contribution is 0.101. The molecule has 0 bridgehead atoms. The molecular weight excluding hydrogens is 314 g/mol. The minimum atomic E-state index is 0.0938. The highest BCUT2D eigenvalue weighted by Crippen LogP contribution is 2.37. The van der Waals surface area contributed by atoms with Crippen molar-refractivity contribution < 1.29 is 4.79 Å². The summed E-state index contributed by atoms with van der Waals surface area (Å²) in [6.45, 7) is 2.60. The van der Waals surface area contributed by atoms with E-state index in [1.54, 1.807) is 6.92 Å². The Balaban J connectivity index is 2.04. The van der Waals surface area contributed by atoms with Gasteiger partial charge in [-0.05, 0) is 65.5 Å². The van der Waals surface area contributed by atoms with Crippen LogP contribution in [-0.4, -0.2) is 12.3 Å². The number of para-hydroxylation sites is 1. The van der Waals surface area contributed by atoms with Crippen LogP contribution >= 0.6 is 15.9 Å². The molecule has 0 fully saturated rings. The lowest BCUT2D eigenvalue weighted by Crippen LogP contribution is -2.24. The Labute approximate surface area is 127 Å². The van der Waals surface area contributed by atoms with Crippen molar-refractivity contribution in [3.05, 3.63) is 58.1 Å².